The van der Waals surface area contributed by atoms with Crippen molar-refractivity contribution in [2.24, 2.45) is 0 Å². The summed E-state index contributed by atoms with van der Waals surface area (Å²) in [5.41, 5.74) is 9.41. The molecule has 7 rings (SSSR count). The van der Waals surface area contributed by atoms with E-state index in [2.05, 4.69) is 91.0 Å². The zero-order valence-corrected chi connectivity index (χ0v) is 17.3. The van der Waals surface area contributed by atoms with Gasteiger partial charge < -0.3 is 10.0 Å². The molecule has 5 aromatic rings. The summed E-state index contributed by atoms with van der Waals surface area (Å²) < 4.78 is 0. The smallest absolute Gasteiger partial charge is 0.423 e. The summed E-state index contributed by atoms with van der Waals surface area (Å²) in [5.74, 6) is 0. The van der Waals surface area contributed by atoms with Crippen LogP contribution in [-0.4, -0.2) is 17.2 Å². The van der Waals surface area contributed by atoms with Gasteiger partial charge in [-0.3, -0.25) is 0 Å². The van der Waals surface area contributed by atoms with Crippen LogP contribution in [0.3, 0.4) is 0 Å². The highest BCUT2D eigenvalue weighted by atomic mass is 16.4. The van der Waals surface area contributed by atoms with Gasteiger partial charge in [0, 0.05) is 0 Å². The molecule has 32 heavy (non-hydrogen) atoms. The summed E-state index contributed by atoms with van der Waals surface area (Å²) in [7, 11) is -1.54. The second-order valence-electron chi connectivity index (χ2n) is 8.69. The number of hydrogen-bond donors (Lipinski definition) is 2. The third kappa shape index (κ3) is 1.98. The van der Waals surface area contributed by atoms with E-state index >= 15 is 0 Å². The average Bonchev–Trinajstić information content (AvgIpc) is 3.31. The molecule has 0 saturated heterocycles. The Kier molecular flexibility index (Phi) is 3.48. The van der Waals surface area contributed by atoms with E-state index in [-0.39, 0.29) is 0 Å². The summed E-state index contributed by atoms with van der Waals surface area (Å²) >= 11 is 0. The minimum Gasteiger partial charge on any atom is -0.423 e. The molecule has 3 heteroatoms. The lowest BCUT2D eigenvalue weighted by Crippen LogP contribution is -2.33. The van der Waals surface area contributed by atoms with Gasteiger partial charge in [0.25, 0.3) is 0 Å². The Morgan fingerprint density at radius 2 is 1.16 bits per heavy atom. The molecular weight excluding hydrogens is 391 g/mol. The standard InChI is InChI=1S/C29H19BO2/c31-30(32)26-15-7-14-25-27(26)22-17-16-18-8-1-2-9-19(18)28(22)29(25)23-12-5-3-10-20(23)21-11-4-6-13-24(21)29/h1-17,31-32H. The van der Waals surface area contributed by atoms with Gasteiger partial charge in [-0.15, -0.1) is 0 Å². The normalized spacial score (nSPS) is 14.2. The third-order valence-electron chi connectivity index (χ3n) is 7.30. The average molecular weight is 410 g/mol. The molecule has 0 bridgehead atoms. The largest absolute Gasteiger partial charge is 0.489 e. The molecule has 2 aliphatic rings. The molecule has 2 nitrogen and oxygen atoms in total. The Morgan fingerprint density at radius 3 is 1.88 bits per heavy atom. The summed E-state index contributed by atoms with van der Waals surface area (Å²) in [5, 5.41) is 23.0. The van der Waals surface area contributed by atoms with Crippen molar-refractivity contribution in [3.8, 4) is 22.3 Å². The first-order valence-electron chi connectivity index (χ1n) is 10.9. The molecule has 2 aliphatic carbocycles. The molecule has 0 unspecified atom stereocenters. The molecule has 0 atom stereocenters. The maximum Gasteiger partial charge on any atom is 0.489 e. The van der Waals surface area contributed by atoms with Crippen LogP contribution in [0.15, 0.2) is 103 Å². The van der Waals surface area contributed by atoms with Crippen molar-refractivity contribution in [2.75, 3.05) is 0 Å². The van der Waals surface area contributed by atoms with Crippen molar-refractivity contribution in [1.82, 2.24) is 0 Å². The lowest BCUT2D eigenvalue weighted by Gasteiger charge is -2.31. The van der Waals surface area contributed by atoms with Crippen molar-refractivity contribution in [3.05, 3.63) is 125 Å². The molecule has 0 amide bonds. The minimum absolute atomic E-state index is 0.496. The second-order valence-corrected chi connectivity index (χ2v) is 8.69. The number of fused-ring (bicyclic) bond motifs is 12. The fourth-order valence-corrected chi connectivity index (χ4v) is 6.21. The third-order valence-corrected chi connectivity index (χ3v) is 7.30. The first kappa shape index (κ1) is 18.0. The number of hydrogen-bond acceptors (Lipinski definition) is 2. The van der Waals surface area contributed by atoms with Gasteiger partial charge in [0.05, 0.1) is 5.41 Å². The number of benzene rings is 5. The van der Waals surface area contributed by atoms with E-state index in [4.69, 9.17) is 0 Å². The zero-order valence-electron chi connectivity index (χ0n) is 17.3. The molecule has 0 radical (unpaired) electrons. The second kappa shape index (κ2) is 6.20. The van der Waals surface area contributed by atoms with Crippen LogP contribution >= 0.6 is 0 Å². The zero-order chi connectivity index (χ0) is 21.4. The van der Waals surface area contributed by atoms with E-state index in [0.717, 1.165) is 16.7 Å². The Balaban J connectivity index is 1.78. The van der Waals surface area contributed by atoms with Crippen LogP contribution in [0.25, 0.3) is 33.0 Å². The molecule has 5 aromatic carbocycles. The van der Waals surface area contributed by atoms with E-state index in [9.17, 15) is 10.0 Å². The van der Waals surface area contributed by atoms with Crippen LogP contribution in [0.5, 0.6) is 0 Å². The lowest BCUT2D eigenvalue weighted by atomic mass is 9.68. The predicted octanol–water partition coefficient (Wildman–Crippen LogP) is 4.86. The van der Waals surface area contributed by atoms with Gasteiger partial charge in [0.15, 0.2) is 0 Å². The van der Waals surface area contributed by atoms with Crippen LogP contribution < -0.4 is 5.46 Å². The van der Waals surface area contributed by atoms with Crippen molar-refractivity contribution >= 4 is 23.4 Å². The first-order chi connectivity index (χ1) is 15.7. The van der Waals surface area contributed by atoms with E-state index in [0.29, 0.717) is 5.46 Å². The molecular formula is C29H19BO2. The Morgan fingerprint density at radius 1 is 0.531 bits per heavy atom. The van der Waals surface area contributed by atoms with Gasteiger partial charge >= 0.3 is 7.12 Å². The van der Waals surface area contributed by atoms with Gasteiger partial charge in [0.2, 0.25) is 0 Å². The van der Waals surface area contributed by atoms with E-state index in [1.807, 2.05) is 12.1 Å². The molecule has 0 aliphatic heterocycles. The SMILES string of the molecule is OB(O)c1cccc2c1-c1ccc3ccccc3c1C21c2ccccc2-c2ccccc21. The van der Waals surface area contributed by atoms with Gasteiger partial charge in [-0.05, 0) is 60.7 Å². The first-order valence-corrected chi connectivity index (χ1v) is 10.9. The summed E-state index contributed by atoms with van der Waals surface area (Å²) in [6, 6.07) is 36.0. The monoisotopic (exact) mass is 410 g/mol. The van der Waals surface area contributed by atoms with Crippen LogP contribution in [-0.2, 0) is 5.41 Å². The highest BCUT2D eigenvalue weighted by Crippen LogP contribution is 2.63. The van der Waals surface area contributed by atoms with E-state index in [1.165, 1.54) is 38.6 Å². The quantitative estimate of drug-likeness (QED) is 0.380. The van der Waals surface area contributed by atoms with Crippen LogP contribution in [0.4, 0.5) is 0 Å². The maximum absolute atomic E-state index is 10.3. The topological polar surface area (TPSA) is 40.5 Å². The van der Waals surface area contributed by atoms with Crippen LogP contribution in [0.1, 0.15) is 22.3 Å². The Bertz CT molecular complexity index is 1520. The van der Waals surface area contributed by atoms with Gasteiger partial charge in [-0.2, -0.15) is 0 Å². The summed E-state index contributed by atoms with van der Waals surface area (Å²) in [6.45, 7) is 0. The summed E-state index contributed by atoms with van der Waals surface area (Å²) in [4.78, 5) is 0. The van der Waals surface area contributed by atoms with Crippen LogP contribution in [0.2, 0.25) is 0 Å². The Labute approximate surface area is 186 Å². The predicted molar refractivity (Wildman–Crippen MR) is 130 cm³/mol. The van der Waals surface area contributed by atoms with Gasteiger partial charge in [-0.25, -0.2) is 0 Å². The molecule has 0 saturated carbocycles. The van der Waals surface area contributed by atoms with Gasteiger partial charge in [0.1, 0.15) is 0 Å². The molecule has 0 heterocycles. The fraction of sp³-hybridized carbons (Fsp3) is 0.0345. The van der Waals surface area contributed by atoms with Crippen molar-refractivity contribution in [2.45, 2.75) is 5.41 Å². The molecule has 1 spiro atoms. The van der Waals surface area contributed by atoms with Gasteiger partial charge in [-0.1, -0.05) is 103 Å². The minimum atomic E-state index is -1.54. The highest BCUT2D eigenvalue weighted by Gasteiger charge is 2.53. The van der Waals surface area contributed by atoms with Crippen LogP contribution in [0, 0.1) is 0 Å². The maximum atomic E-state index is 10.3. The molecule has 0 aromatic heterocycles. The number of rotatable bonds is 1. The molecule has 2 N–H and O–H groups in total. The highest BCUT2D eigenvalue weighted by molar-refractivity contribution is 6.60. The Hall–Kier alpha value is -3.66. The lowest BCUT2D eigenvalue weighted by molar-refractivity contribution is 0.426. The van der Waals surface area contributed by atoms with E-state index < -0.39 is 12.5 Å². The van der Waals surface area contributed by atoms with Crippen molar-refractivity contribution in [3.63, 3.8) is 0 Å². The molecule has 150 valence electrons. The van der Waals surface area contributed by atoms with Crippen molar-refractivity contribution in [1.29, 1.82) is 0 Å². The summed E-state index contributed by atoms with van der Waals surface area (Å²) in [6.07, 6.45) is 0. The van der Waals surface area contributed by atoms with E-state index in [1.54, 1.807) is 0 Å². The molecule has 0 fully saturated rings. The van der Waals surface area contributed by atoms with Crippen molar-refractivity contribution < 1.29 is 10.0 Å². The fourth-order valence-electron chi connectivity index (χ4n) is 6.21.